The number of esters is 1. The van der Waals surface area contributed by atoms with E-state index >= 15 is 0 Å². The fourth-order valence-electron chi connectivity index (χ4n) is 7.30. The Kier molecular flexibility index (Phi) is 14.3. The molecule has 3 aromatic carbocycles. The fraction of sp³-hybridized carbons (Fsp3) is 0.429. The number of carbonyl (C=O) groups excluding carboxylic acids is 1. The minimum atomic E-state index is -2.00. The number of rotatable bonds is 12. The molecular weight excluding hydrogens is 888 g/mol. The number of hydrogen-bond donors (Lipinski definition) is 14. The first-order valence-corrected chi connectivity index (χ1v) is 20.0. The molecule has 3 fully saturated rings. The lowest BCUT2D eigenvalue weighted by atomic mass is 9.97. The average Bonchev–Trinajstić information content (AvgIpc) is 3.28. The van der Waals surface area contributed by atoms with Gasteiger partial charge in [-0.05, 0) is 48.9 Å². The number of phenols is 5. The van der Waals surface area contributed by atoms with E-state index in [0.29, 0.717) is 5.56 Å². The number of aromatic hydroxyl groups is 5. The van der Waals surface area contributed by atoms with Crippen LogP contribution in [0.2, 0.25) is 0 Å². The maximum Gasteiger partial charge on any atom is 0.330 e. The van der Waals surface area contributed by atoms with Crippen LogP contribution in [0.15, 0.2) is 63.8 Å². The highest BCUT2D eigenvalue weighted by Gasteiger charge is 2.51. The van der Waals surface area contributed by atoms with Gasteiger partial charge in [-0.3, -0.25) is 4.79 Å². The van der Waals surface area contributed by atoms with Gasteiger partial charge < -0.3 is 109 Å². The molecule has 24 nitrogen and oxygen atoms in total. The number of aliphatic hydroxyl groups excluding tert-OH is 9. The largest absolute Gasteiger partial charge is 0.507 e. The Bertz CT molecular complexity index is 2470. The van der Waals surface area contributed by atoms with Crippen molar-refractivity contribution in [3.05, 3.63) is 70.4 Å². The standard InChI is InChI=1S/C42H46O24/c1-14-28(50)38(65-41-35(57)33(55)30(52)25(64-41)13-59-26(49)7-3-15-2-5-18(44)20(46)8-15)36(58)42(60-14)61-17-10-22(48)27-23(11-17)62-37(16-4-6-19(45)21(47)9-16)39(31(27)53)66-40-34(56)32(54)29(51)24(12-43)63-40/h2-11,14,24-25,28-30,32-36,38,40-48,50-52,54-58H,12-13H2,1H3/b7-3+/t14-,24+,25?,28-,29+,30+,32?,33-,34?,35?,36-,38?,40-,41-,42?/m0/s1. The van der Waals surface area contributed by atoms with Crippen molar-refractivity contribution < 1.29 is 114 Å². The van der Waals surface area contributed by atoms with Gasteiger partial charge in [0.1, 0.15) is 96.2 Å². The lowest BCUT2D eigenvalue weighted by molar-refractivity contribution is -0.350. The van der Waals surface area contributed by atoms with Crippen molar-refractivity contribution in [2.24, 2.45) is 0 Å². The molecule has 66 heavy (non-hydrogen) atoms. The first kappa shape index (κ1) is 48.1. The molecule has 4 aromatic rings. The van der Waals surface area contributed by atoms with Crippen molar-refractivity contribution in [3.63, 3.8) is 0 Å². The number of phenolic OH excluding ortho intramolecular Hbond substituents is 5. The minimum absolute atomic E-state index is 0.127. The summed E-state index contributed by atoms with van der Waals surface area (Å²) in [5, 5.41) is 145. The third-order valence-electron chi connectivity index (χ3n) is 11.0. The van der Waals surface area contributed by atoms with Crippen molar-refractivity contribution in [2.45, 2.75) is 99.0 Å². The minimum Gasteiger partial charge on any atom is -0.507 e. The zero-order chi connectivity index (χ0) is 47.9. The molecule has 14 N–H and O–H groups in total. The summed E-state index contributed by atoms with van der Waals surface area (Å²) in [6.45, 7) is -0.193. The van der Waals surface area contributed by atoms with Crippen molar-refractivity contribution in [2.75, 3.05) is 13.2 Å². The van der Waals surface area contributed by atoms with Crippen LogP contribution in [0.4, 0.5) is 0 Å². The summed E-state index contributed by atoms with van der Waals surface area (Å²) in [5.41, 5.74) is -1.37. The molecule has 0 bridgehead atoms. The van der Waals surface area contributed by atoms with Gasteiger partial charge in [0.15, 0.2) is 35.0 Å². The molecule has 24 heteroatoms. The Hall–Kier alpha value is -5.84. The zero-order valence-corrected chi connectivity index (χ0v) is 34.2. The molecule has 3 saturated heterocycles. The van der Waals surface area contributed by atoms with Crippen LogP contribution < -0.4 is 14.9 Å². The average molecular weight is 935 g/mol. The van der Waals surface area contributed by atoms with Gasteiger partial charge in [-0.2, -0.15) is 0 Å². The smallest absolute Gasteiger partial charge is 0.330 e. The molecule has 6 unspecified atom stereocenters. The van der Waals surface area contributed by atoms with Gasteiger partial charge >= 0.3 is 5.97 Å². The highest BCUT2D eigenvalue weighted by Crippen LogP contribution is 2.41. The van der Waals surface area contributed by atoms with Crippen molar-refractivity contribution in [3.8, 4) is 51.6 Å². The summed E-state index contributed by atoms with van der Waals surface area (Å²) in [7, 11) is 0. The molecule has 1 aromatic heterocycles. The number of aliphatic hydroxyl groups is 9. The van der Waals surface area contributed by atoms with Crippen LogP contribution in [0, 0.1) is 0 Å². The van der Waals surface area contributed by atoms with Crippen molar-refractivity contribution in [1.82, 2.24) is 0 Å². The van der Waals surface area contributed by atoms with E-state index in [1.165, 1.54) is 37.3 Å². The normalized spacial score (nSPS) is 32.6. The van der Waals surface area contributed by atoms with E-state index in [-0.39, 0.29) is 17.1 Å². The van der Waals surface area contributed by atoms with Gasteiger partial charge in [-0.15, -0.1) is 0 Å². The monoisotopic (exact) mass is 934 g/mol. The lowest BCUT2D eigenvalue weighted by Gasteiger charge is -2.45. The molecule has 4 heterocycles. The Balaban J connectivity index is 1.11. The lowest BCUT2D eigenvalue weighted by Crippen LogP contribution is -2.64. The first-order chi connectivity index (χ1) is 31.3. The van der Waals surface area contributed by atoms with Crippen LogP contribution in [0.3, 0.4) is 0 Å². The summed E-state index contributed by atoms with van der Waals surface area (Å²) in [5.74, 6) is -5.49. The third-order valence-corrected chi connectivity index (χ3v) is 11.0. The fourth-order valence-corrected chi connectivity index (χ4v) is 7.30. The second kappa shape index (κ2) is 19.6. The maximum absolute atomic E-state index is 14.1. The van der Waals surface area contributed by atoms with E-state index in [4.69, 9.17) is 37.6 Å². The molecule has 0 saturated carbocycles. The Morgan fingerprint density at radius 3 is 1.94 bits per heavy atom. The summed E-state index contributed by atoms with van der Waals surface area (Å²) < 4.78 is 45.1. The summed E-state index contributed by atoms with van der Waals surface area (Å²) in [6, 6.07) is 8.88. The highest BCUT2D eigenvalue weighted by atomic mass is 16.7. The van der Waals surface area contributed by atoms with Gasteiger partial charge in [0.2, 0.25) is 23.8 Å². The SMILES string of the molecule is C[C@@H]1OC(Oc2cc(O)c3c(=O)c(O[C@@H]4O[C@H](CO)[C@@H](O)C(O)C4O)c(-c4ccc(O)c(O)c4)oc3c2)[C@@H](O)C(O[C@@H]2OC(COC(=O)/C=C/c3ccc(O)c(O)c3)[C@@H](O)[C@H](O)C2O)[C@H]1O. The number of benzene rings is 3. The number of hydrogen-bond acceptors (Lipinski definition) is 24. The van der Waals surface area contributed by atoms with Gasteiger partial charge in [0, 0.05) is 23.8 Å². The van der Waals surface area contributed by atoms with Crippen LogP contribution in [0.1, 0.15) is 12.5 Å². The number of carbonyl (C=O) groups is 1. The molecule has 0 amide bonds. The second-order valence-corrected chi connectivity index (χ2v) is 15.6. The van der Waals surface area contributed by atoms with Crippen LogP contribution in [-0.2, 0) is 28.5 Å². The molecule has 0 aliphatic carbocycles. The molecule has 7 rings (SSSR count). The molecule has 0 spiro atoms. The molecule has 358 valence electrons. The molecule has 0 radical (unpaired) electrons. The van der Waals surface area contributed by atoms with Crippen LogP contribution >= 0.6 is 0 Å². The summed E-state index contributed by atoms with van der Waals surface area (Å²) in [6.07, 6.45) is -24.5. The van der Waals surface area contributed by atoms with Crippen LogP contribution in [-0.4, -0.2) is 183 Å². The Labute approximate surface area is 370 Å². The second-order valence-electron chi connectivity index (χ2n) is 15.6. The molecule has 15 atom stereocenters. The number of fused-ring (bicyclic) bond motifs is 1. The zero-order valence-electron chi connectivity index (χ0n) is 34.2. The predicted octanol–water partition coefficient (Wildman–Crippen LogP) is -2.54. The van der Waals surface area contributed by atoms with E-state index in [1.54, 1.807) is 0 Å². The van der Waals surface area contributed by atoms with E-state index in [2.05, 4.69) is 0 Å². The quantitative estimate of drug-likeness (QED) is 0.0395. The highest BCUT2D eigenvalue weighted by molar-refractivity contribution is 5.89. The van der Waals surface area contributed by atoms with Crippen LogP contribution in [0.25, 0.3) is 28.4 Å². The van der Waals surface area contributed by atoms with Crippen molar-refractivity contribution in [1.29, 1.82) is 0 Å². The molecule has 3 aliphatic rings. The predicted molar refractivity (Wildman–Crippen MR) is 216 cm³/mol. The van der Waals surface area contributed by atoms with E-state index in [9.17, 15) is 81.1 Å². The molecular formula is C42H46O24. The van der Waals surface area contributed by atoms with Crippen molar-refractivity contribution >= 4 is 23.0 Å². The van der Waals surface area contributed by atoms with Crippen LogP contribution in [0.5, 0.6) is 40.2 Å². The Morgan fingerprint density at radius 1 is 0.652 bits per heavy atom. The Morgan fingerprint density at radius 2 is 1.27 bits per heavy atom. The van der Waals surface area contributed by atoms with Gasteiger partial charge in [0.05, 0.1) is 12.7 Å². The molecule has 3 aliphatic heterocycles. The first-order valence-electron chi connectivity index (χ1n) is 20.0. The van der Waals surface area contributed by atoms with Gasteiger partial charge in [-0.1, -0.05) is 6.07 Å². The van der Waals surface area contributed by atoms with E-state index < -0.39 is 162 Å². The van der Waals surface area contributed by atoms with E-state index in [1.807, 2.05) is 0 Å². The van der Waals surface area contributed by atoms with Gasteiger partial charge in [-0.25, -0.2) is 4.79 Å². The summed E-state index contributed by atoms with van der Waals surface area (Å²) in [4.78, 5) is 26.5. The third kappa shape index (κ3) is 9.67. The van der Waals surface area contributed by atoms with Gasteiger partial charge in [0.25, 0.3) is 0 Å². The van der Waals surface area contributed by atoms with E-state index in [0.717, 1.165) is 30.3 Å². The topological polar surface area (TPSA) is 395 Å². The number of ether oxygens (including phenoxy) is 7. The summed E-state index contributed by atoms with van der Waals surface area (Å²) >= 11 is 0. The maximum atomic E-state index is 14.1.